The highest BCUT2D eigenvalue weighted by molar-refractivity contribution is 5.80. The maximum Gasteiger partial charge on any atom is 0.417 e. The van der Waals surface area contributed by atoms with Gasteiger partial charge in [-0.15, -0.1) is 0 Å². The number of hydrogen-bond donors (Lipinski definition) is 2. The second-order valence-corrected chi connectivity index (χ2v) is 4.36. The monoisotopic (exact) mass is 239 g/mol. The first-order valence-corrected chi connectivity index (χ1v) is 5.39. The Balaban J connectivity index is 2.96. The van der Waals surface area contributed by atoms with Crippen LogP contribution in [0.1, 0.15) is 38.5 Å². The van der Waals surface area contributed by atoms with Crippen LogP contribution in [0.3, 0.4) is 0 Å². The number of aliphatic carboxylic acids is 1. The van der Waals surface area contributed by atoms with E-state index in [1.165, 1.54) is 0 Å². The quantitative estimate of drug-likeness (QED) is 0.727. The number of carboxylic acids is 1. The molecule has 0 aromatic carbocycles. The van der Waals surface area contributed by atoms with Crippen molar-refractivity contribution < 1.29 is 23.1 Å². The average molecular weight is 239 g/mol. The van der Waals surface area contributed by atoms with Crippen molar-refractivity contribution >= 4 is 5.97 Å². The lowest BCUT2D eigenvalue weighted by Gasteiger charge is -2.34. The summed E-state index contributed by atoms with van der Waals surface area (Å²) in [5, 5.41) is 8.77. The van der Waals surface area contributed by atoms with Crippen LogP contribution in [0.25, 0.3) is 0 Å². The van der Waals surface area contributed by atoms with E-state index in [9.17, 15) is 18.0 Å². The molecule has 1 unspecified atom stereocenters. The van der Waals surface area contributed by atoms with Crippen LogP contribution in [0.5, 0.6) is 0 Å². The standard InChI is InChI=1S/C10H16F3NO2/c11-10(12,13)9(14,8(15)16)7-5-3-1-2-4-6-7/h7H,1-6,14H2,(H,15,16). The van der Waals surface area contributed by atoms with Gasteiger partial charge in [-0.05, 0) is 18.8 Å². The Morgan fingerprint density at radius 3 is 1.88 bits per heavy atom. The van der Waals surface area contributed by atoms with Crippen molar-refractivity contribution in [3.63, 3.8) is 0 Å². The van der Waals surface area contributed by atoms with Gasteiger partial charge in [0.05, 0.1) is 0 Å². The topological polar surface area (TPSA) is 63.3 Å². The van der Waals surface area contributed by atoms with E-state index in [1.807, 2.05) is 0 Å². The van der Waals surface area contributed by atoms with Crippen LogP contribution in [0.15, 0.2) is 0 Å². The smallest absolute Gasteiger partial charge is 0.417 e. The van der Waals surface area contributed by atoms with E-state index >= 15 is 0 Å². The van der Waals surface area contributed by atoms with E-state index in [4.69, 9.17) is 10.8 Å². The summed E-state index contributed by atoms with van der Waals surface area (Å²) in [6.45, 7) is 0. The minimum absolute atomic E-state index is 0.238. The molecule has 0 aromatic rings. The molecule has 0 amide bonds. The number of carbonyl (C=O) groups is 1. The van der Waals surface area contributed by atoms with E-state index in [0.29, 0.717) is 12.8 Å². The van der Waals surface area contributed by atoms with Crippen molar-refractivity contribution in [1.29, 1.82) is 0 Å². The highest BCUT2D eigenvalue weighted by Gasteiger charge is 2.62. The van der Waals surface area contributed by atoms with Crippen LogP contribution in [-0.2, 0) is 4.79 Å². The van der Waals surface area contributed by atoms with Crippen molar-refractivity contribution in [3.8, 4) is 0 Å². The van der Waals surface area contributed by atoms with Crippen molar-refractivity contribution in [3.05, 3.63) is 0 Å². The summed E-state index contributed by atoms with van der Waals surface area (Å²) in [5.41, 5.74) is 2.05. The number of hydrogen-bond acceptors (Lipinski definition) is 2. The van der Waals surface area contributed by atoms with Crippen LogP contribution < -0.4 is 5.73 Å². The van der Waals surface area contributed by atoms with Gasteiger partial charge in [0.15, 0.2) is 0 Å². The van der Waals surface area contributed by atoms with Gasteiger partial charge in [0.2, 0.25) is 5.54 Å². The lowest BCUT2D eigenvalue weighted by atomic mass is 9.79. The second kappa shape index (κ2) is 4.61. The highest BCUT2D eigenvalue weighted by atomic mass is 19.4. The van der Waals surface area contributed by atoms with E-state index in [0.717, 1.165) is 12.8 Å². The molecule has 0 saturated heterocycles. The molecular weight excluding hydrogens is 223 g/mol. The molecule has 6 heteroatoms. The Labute approximate surface area is 91.8 Å². The third kappa shape index (κ3) is 2.31. The predicted molar refractivity (Wildman–Crippen MR) is 51.8 cm³/mol. The van der Waals surface area contributed by atoms with Gasteiger partial charge in [-0.3, -0.25) is 0 Å². The lowest BCUT2D eigenvalue weighted by molar-refractivity contribution is -0.214. The number of nitrogens with two attached hydrogens (primary N) is 1. The maximum atomic E-state index is 12.8. The Kier molecular flexibility index (Phi) is 3.83. The molecule has 1 rings (SSSR count). The average Bonchev–Trinajstić information content (AvgIpc) is 2.42. The zero-order chi connectivity index (χ0) is 12.4. The largest absolute Gasteiger partial charge is 0.480 e. The maximum absolute atomic E-state index is 12.8. The van der Waals surface area contributed by atoms with Gasteiger partial charge in [0.1, 0.15) is 0 Å². The van der Waals surface area contributed by atoms with Crippen LogP contribution in [-0.4, -0.2) is 22.8 Å². The van der Waals surface area contributed by atoms with Gasteiger partial charge in [-0.1, -0.05) is 25.7 Å². The summed E-state index contributed by atoms with van der Waals surface area (Å²) in [5.74, 6) is -2.97. The first-order chi connectivity index (χ1) is 7.30. The van der Waals surface area contributed by atoms with E-state index < -0.39 is 23.6 Å². The molecular formula is C10H16F3NO2. The van der Waals surface area contributed by atoms with Crippen LogP contribution in [0.2, 0.25) is 0 Å². The zero-order valence-corrected chi connectivity index (χ0v) is 8.89. The summed E-state index contributed by atoms with van der Waals surface area (Å²) < 4.78 is 38.3. The Morgan fingerprint density at radius 1 is 1.12 bits per heavy atom. The van der Waals surface area contributed by atoms with Gasteiger partial charge in [0, 0.05) is 0 Å². The Hall–Kier alpha value is -0.780. The molecule has 1 aliphatic rings. The number of halogens is 3. The van der Waals surface area contributed by atoms with E-state index in [-0.39, 0.29) is 12.8 Å². The molecule has 3 N–H and O–H groups in total. The fraction of sp³-hybridized carbons (Fsp3) is 0.900. The SMILES string of the molecule is NC(C(=O)O)(C1CCCCCC1)C(F)(F)F. The summed E-state index contributed by atoms with van der Waals surface area (Å²) in [6, 6.07) is 0. The Bertz CT molecular complexity index is 259. The third-order valence-corrected chi connectivity index (χ3v) is 3.32. The number of alkyl halides is 3. The molecule has 0 heterocycles. The molecule has 3 nitrogen and oxygen atoms in total. The summed E-state index contributed by atoms with van der Waals surface area (Å²) in [6.07, 6.45) is -1.48. The number of carboxylic acid groups (broad SMARTS) is 1. The zero-order valence-electron chi connectivity index (χ0n) is 8.89. The molecule has 1 atom stereocenters. The summed E-state index contributed by atoms with van der Waals surface area (Å²) in [7, 11) is 0. The molecule has 0 spiro atoms. The van der Waals surface area contributed by atoms with Crippen molar-refractivity contribution in [2.24, 2.45) is 11.7 Å². The first-order valence-electron chi connectivity index (χ1n) is 5.39. The minimum Gasteiger partial charge on any atom is -0.480 e. The van der Waals surface area contributed by atoms with Crippen LogP contribution in [0.4, 0.5) is 13.2 Å². The molecule has 0 aromatic heterocycles. The van der Waals surface area contributed by atoms with Crippen molar-refractivity contribution in [1.82, 2.24) is 0 Å². The molecule has 1 aliphatic carbocycles. The number of rotatable bonds is 2. The van der Waals surface area contributed by atoms with Gasteiger partial charge in [-0.25, -0.2) is 4.79 Å². The molecule has 94 valence electrons. The van der Waals surface area contributed by atoms with E-state index in [2.05, 4.69) is 0 Å². The van der Waals surface area contributed by atoms with Crippen LogP contribution in [0, 0.1) is 5.92 Å². The molecule has 16 heavy (non-hydrogen) atoms. The van der Waals surface area contributed by atoms with Crippen molar-refractivity contribution in [2.75, 3.05) is 0 Å². The lowest BCUT2D eigenvalue weighted by Crippen LogP contribution is -2.64. The molecule has 1 fully saturated rings. The van der Waals surface area contributed by atoms with Crippen LogP contribution >= 0.6 is 0 Å². The van der Waals surface area contributed by atoms with Gasteiger partial charge >= 0.3 is 12.1 Å². The van der Waals surface area contributed by atoms with Crippen molar-refractivity contribution in [2.45, 2.75) is 50.2 Å². The van der Waals surface area contributed by atoms with Gasteiger partial charge < -0.3 is 10.8 Å². The first kappa shape index (κ1) is 13.3. The predicted octanol–water partition coefficient (Wildman–Crippen LogP) is 2.30. The van der Waals surface area contributed by atoms with Gasteiger partial charge in [0.25, 0.3) is 0 Å². The fourth-order valence-electron chi connectivity index (χ4n) is 2.26. The van der Waals surface area contributed by atoms with E-state index in [1.54, 1.807) is 0 Å². The highest BCUT2D eigenvalue weighted by Crippen LogP contribution is 2.40. The fourth-order valence-corrected chi connectivity index (χ4v) is 2.26. The normalized spacial score (nSPS) is 23.5. The third-order valence-electron chi connectivity index (χ3n) is 3.32. The summed E-state index contributed by atoms with van der Waals surface area (Å²) >= 11 is 0. The molecule has 0 radical (unpaired) electrons. The molecule has 1 saturated carbocycles. The summed E-state index contributed by atoms with van der Waals surface area (Å²) in [4.78, 5) is 10.8. The van der Waals surface area contributed by atoms with Gasteiger partial charge in [-0.2, -0.15) is 13.2 Å². The molecule has 0 bridgehead atoms. The Morgan fingerprint density at radius 2 is 1.56 bits per heavy atom. The second-order valence-electron chi connectivity index (χ2n) is 4.36. The minimum atomic E-state index is -4.89. The molecule has 0 aliphatic heterocycles.